The van der Waals surface area contributed by atoms with Crippen LogP contribution in [0.5, 0.6) is 0 Å². The molecule has 1 aliphatic heterocycles. The number of amides is 2. The number of piperidine rings is 1. The summed E-state index contributed by atoms with van der Waals surface area (Å²) in [6.45, 7) is 6.63. The number of hydrogen-bond donors (Lipinski definition) is 2. The van der Waals surface area contributed by atoms with Gasteiger partial charge in [-0.25, -0.2) is 18.8 Å². The van der Waals surface area contributed by atoms with E-state index in [-0.39, 0.29) is 33.7 Å². The van der Waals surface area contributed by atoms with E-state index in [4.69, 9.17) is 14.3 Å². The van der Waals surface area contributed by atoms with Crippen LogP contribution in [0, 0.1) is 5.82 Å². The monoisotopic (exact) mass is 609 g/mol. The lowest BCUT2D eigenvalue weighted by molar-refractivity contribution is 0.0204. The number of thiazole rings is 1. The number of aromatic nitrogens is 3. The Morgan fingerprint density at radius 1 is 1.29 bits per heavy atom. The molecule has 12 nitrogen and oxygen atoms in total. The number of carbonyl (C=O) groups is 2. The molecule has 0 saturated carbocycles. The predicted octanol–water partition coefficient (Wildman–Crippen LogP) is 5.17. The van der Waals surface area contributed by atoms with Gasteiger partial charge in [-0.3, -0.25) is 9.73 Å². The van der Waals surface area contributed by atoms with Gasteiger partial charge in [-0.05, 0) is 78.1 Å². The zero-order valence-corrected chi connectivity index (χ0v) is 23.1. The molecule has 4 rings (SSSR count). The van der Waals surface area contributed by atoms with Gasteiger partial charge in [-0.2, -0.15) is 5.48 Å². The standard InChI is InChI=1S/C23H25BrFN7O5S/c1-23(2,3)35-22(34)32-8-6-13(7-9-32)21-27-18(12-38-21)20(33)28-19-17(30-37-31-19)11-26-36-29-14-4-5-16(25)15(24)10-14/h4-5,10-13,29H,6-9H2,1-3H3,(H,28,31,33)/b26-11+. The molecule has 15 heteroatoms. The second-order valence-corrected chi connectivity index (χ2v) is 11.1. The van der Waals surface area contributed by atoms with Crippen molar-refractivity contribution in [3.63, 3.8) is 0 Å². The van der Waals surface area contributed by atoms with E-state index in [1.54, 1.807) is 10.3 Å². The smallest absolute Gasteiger partial charge is 0.410 e. The number of ether oxygens (including phenoxy) is 1. The van der Waals surface area contributed by atoms with Gasteiger partial charge in [0.05, 0.1) is 15.2 Å². The molecule has 0 unspecified atom stereocenters. The molecule has 1 fully saturated rings. The molecule has 0 radical (unpaired) electrons. The number of likely N-dealkylation sites (tertiary alicyclic amines) is 1. The Balaban J connectivity index is 1.28. The lowest BCUT2D eigenvalue weighted by Gasteiger charge is -2.32. The van der Waals surface area contributed by atoms with Crippen LogP contribution in [0.2, 0.25) is 0 Å². The number of benzene rings is 1. The van der Waals surface area contributed by atoms with Crippen molar-refractivity contribution in [1.29, 1.82) is 0 Å². The fraction of sp³-hybridized carbons (Fsp3) is 0.391. The third-order valence-corrected chi connectivity index (χ3v) is 6.92. The first-order chi connectivity index (χ1) is 18.1. The van der Waals surface area contributed by atoms with Crippen LogP contribution >= 0.6 is 27.3 Å². The van der Waals surface area contributed by atoms with Gasteiger partial charge in [0.2, 0.25) is 5.82 Å². The van der Waals surface area contributed by atoms with Crippen LogP contribution in [0.25, 0.3) is 0 Å². The zero-order valence-electron chi connectivity index (χ0n) is 20.7. The summed E-state index contributed by atoms with van der Waals surface area (Å²) in [4.78, 5) is 36.2. The Kier molecular flexibility index (Phi) is 8.56. The molecule has 0 atom stereocenters. The number of hydrogen-bond acceptors (Lipinski definition) is 11. The van der Waals surface area contributed by atoms with E-state index in [1.165, 1.54) is 35.8 Å². The van der Waals surface area contributed by atoms with Crippen LogP contribution < -0.4 is 10.8 Å². The molecule has 38 heavy (non-hydrogen) atoms. The van der Waals surface area contributed by atoms with Gasteiger partial charge in [0, 0.05) is 24.4 Å². The van der Waals surface area contributed by atoms with Crippen molar-refractivity contribution in [3.05, 3.63) is 50.3 Å². The van der Waals surface area contributed by atoms with Crippen molar-refractivity contribution in [2.24, 2.45) is 5.16 Å². The van der Waals surface area contributed by atoms with E-state index in [0.29, 0.717) is 18.8 Å². The minimum Gasteiger partial charge on any atom is -0.444 e. The van der Waals surface area contributed by atoms with E-state index in [2.05, 4.69) is 47.2 Å². The summed E-state index contributed by atoms with van der Waals surface area (Å²) in [5.74, 6) is -0.724. The molecule has 202 valence electrons. The average Bonchev–Trinajstić information content (AvgIpc) is 3.53. The van der Waals surface area contributed by atoms with Gasteiger partial charge in [0.15, 0.2) is 5.69 Å². The molecule has 3 heterocycles. The Labute approximate surface area is 229 Å². The SMILES string of the molecule is CC(C)(C)OC(=O)N1CCC(c2nc(C(=O)Nc3nonc3/C=N/ONc3ccc(F)c(Br)c3)cs2)CC1. The van der Waals surface area contributed by atoms with Crippen molar-refractivity contribution in [2.45, 2.75) is 45.1 Å². The number of anilines is 2. The maximum Gasteiger partial charge on any atom is 0.410 e. The molecule has 2 aromatic heterocycles. The summed E-state index contributed by atoms with van der Waals surface area (Å²) in [7, 11) is 0. The summed E-state index contributed by atoms with van der Waals surface area (Å²) >= 11 is 4.47. The second-order valence-electron chi connectivity index (χ2n) is 9.32. The molecule has 0 spiro atoms. The van der Waals surface area contributed by atoms with Gasteiger partial charge in [-0.15, -0.1) is 11.3 Å². The highest BCUT2D eigenvalue weighted by Crippen LogP contribution is 2.31. The largest absolute Gasteiger partial charge is 0.444 e. The van der Waals surface area contributed by atoms with Gasteiger partial charge in [0.25, 0.3) is 5.91 Å². The third kappa shape index (κ3) is 7.25. The Bertz CT molecular complexity index is 1320. The quantitative estimate of drug-likeness (QED) is 0.273. The van der Waals surface area contributed by atoms with Gasteiger partial charge >= 0.3 is 6.09 Å². The van der Waals surface area contributed by atoms with Crippen LogP contribution in [0.4, 0.5) is 20.7 Å². The molecule has 2 N–H and O–H groups in total. The molecule has 3 aromatic rings. The van der Waals surface area contributed by atoms with Crippen LogP contribution in [0.15, 0.2) is 37.8 Å². The number of nitrogens with zero attached hydrogens (tertiary/aromatic N) is 5. The molecular weight excluding hydrogens is 585 g/mol. The molecule has 1 aromatic carbocycles. The van der Waals surface area contributed by atoms with Gasteiger partial charge in [0.1, 0.15) is 23.3 Å². The molecule has 1 saturated heterocycles. The van der Waals surface area contributed by atoms with Crippen molar-refractivity contribution in [1.82, 2.24) is 20.2 Å². The summed E-state index contributed by atoms with van der Waals surface area (Å²) in [5, 5.41) is 16.1. The molecule has 2 amide bonds. The van der Waals surface area contributed by atoms with Crippen LogP contribution in [-0.4, -0.2) is 57.1 Å². The predicted molar refractivity (Wildman–Crippen MR) is 141 cm³/mol. The van der Waals surface area contributed by atoms with Gasteiger partial charge in [-0.1, -0.05) is 5.16 Å². The third-order valence-electron chi connectivity index (χ3n) is 5.31. The highest BCUT2D eigenvalue weighted by Gasteiger charge is 2.29. The Morgan fingerprint density at radius 3 is 2.76 bits per heavy atom. The Morgan fingerprint density at radius 2 is 2.05 bits per heavy atom. The van der Waals surface area contributed by atoms with Crippen LogP contribution in [0.3, 0.4) is 0 Å². The van der Waals surface area contributed by atoms with E-state index in [0.717, 1.165) is 17.8 Å². The first-order valence-corrected chi connectivity index (χ1v) is 13.2. The fourth-order valence-corrected chi connectivity index (χ4v) is 4.82. The van der Waals surface area contributed by atoms with Crippen molar-refractivity contribution in [3.8, 4) is 0 Å². The zero-order chi connectivity index (χ0) is 27.3. The number of oxime groups is 1. The number of nitrogens with one attached hydrogen (secondary N) is 2. The summed E-state index contributed by atoms with van der Waals surface area (Å²) in [5.41, 5.74) is 2.78. The van der Waals surface area contributed by atoms with E-state index in [9.17, 15) is 14.0 Å². The lowest BCUT2D eigenvalue weighted by atomic mass is 9.98. The average molecular weight is 610 g/mol. The van der Waals surface area contributed by atoms with Crippen molar-refractivity contribution >= 4 is 57.0 Å². The van der Waals surface area contributed by atoms with Gasteiger partial charge < -0.3 is 15.0 Å². The fourth-order valence-electron chi connectivity index (χ4n) is 3.47. The van der Waals surface area contributed by atoms with Crippen molar-refractivity contribution < 1.29 is 28.3 Å². The first-order valence-electron chi connectivity index (χ1n) is 11.6. The highest BCUT2D eigenvalue weighted by atomic mass is 79.9. The normalized spacial score (nSPS) is 14.5. The number of halogens is 2. The molecular formula is C23H25BrFN7O5S. The molecule has 1 aliphatic rings. The molecule has 0 aliphatic carbocycles. The highest BCUT2D eigenvalue weighted by molar-refractivity contribution is 9.10. The summed E-state index contributed by atoms with van der Waals surface area (Å²) in [6, 6.07) is 4.19. The summed E-state index contributed by atoms with van der Waals surface area (Å²) < 4.78 is 23.7. The number of rotatable bonds is 7. The maximum absolute atomic E-state index is 13.3. The maximum atomic E-state index is 13.3. The van der Waals surface area contributed by atoms with E-state index in [1.807, 2.05) is 20.8 Å². The second kappa shape index (κ2) is 11.9. The minimum atomic E-state index is -0.540. The van der Waals surface area contributed by atoms with E-state index >= 15 is 0 Å². The topological polar surface area (TPSA) is 144 Å². The first kappa shape index (κ1) is 27.4. The molecule has 0 bridgehead atoms. The van der Waals surface area contributed by atoms with Crippen LogP contribution in [-0.2, 0) is 9.68 Å². The minimum absolute atomic E-state index is 0.0343. The number of carbonyl (C=O) groups excluding carboxylic acids is 2. The summed E-state index contributed by atoms with van der Waals surface area (Å²) in [6.07, 6.45) is 2.32. The van der Waals surface area contributed by atoms with Crippen LogP contribution in [0.1, 0.15) is 60.7 Å². The van der Waals surface area contributed by atoms with E-state index < -0.39 is 17.3 Å². The lowest BCUT2D eigenvalue weighted by Crippen LogP contribution is -2.41. The van der Waals surface area contributed by atoms with Crippen molar-refractivity contribution in [2.75, 3.05) is 23.9 Å². The Hall–Kier alpha value is -3.59.